The highest BCUT2D eigenvalue weighted by molar-refractivity contribution is 6.07. The zero-order valence-electron chi connectivity index (χ0n) is 8.21. The van der Waals surface area contributed by atoms with Crippen molar-refractivity contribution in [2.45, 2.75) is 6.92 Å². The molecule has 4 nitrogen and oxygen atoms in total. The zero-order valence-corrected chi connectivity index (χ0v) is 8.21. The second kappa shape index (κ2) is 3.96. The van der Waals surface area contributed by atoms with E-state index in [0.717, 1.165) is 5.69 Å². The highest BCUT2D eigenvalue weighted by Crippen LogP contribution is 2.05. The third kappa shape index (κ3) is 2.04. The molecule has 2 aromatic rings. The van der Waals surface area contributed by atoms with Gasteiger partial charge in [-0.3, -0.25) is 9.78 Å². The van der Waals surface area contributed by atoms with Crippen molar-refractivity contribution in [2.24, 2.45) is 0 Å². The van der Waals surface area contributed by atoms with Gasteiger partial charge in [0.25, 0.3) is 0 Å². The summed E-state index contributed by atoms with van der Waals surface area (Å²) in [6.45, 7) is 1.87. The summed E-state index contributed by atoms with van der Waals surface area (Å²) in [7, 11) is 0. The van der Waals surface area contributed by atoms with Crippen LogP contribution in [-0.4, -0.2) is 20.7 Å². The molecule has 0 fully saturated rings. The van der Waals surface area contributed by atoms with E-state index < -0.39 is 0 Å². The highest BCUT2D eigenvalue weighted by Gasteiger charge is 2.09. The molecule has 0 spiro atoms. The van der Waals surface area contributed by atoms with E-state index in [1.54, 1.807) is 30.6 Å². The molecule has 2 aromatic heterocycles. The normalized spacial score (nSPS) is 9.93. The first-order chi connectivity index (χ1) is 7.27. The number of ketones is 1. The van der Waals surface area contributed by atoms with Crippen LogP contribution in [0.25, 0.3) is 0 Å². The fourth-order valence-corrected chi connectivity index (χ4v) is 1.18. The van der Waals surface area contributed by atoms with Gasteiger partial charge in [-0.25, -0.2) is 9.97 Å². The predicted octanol–water partition coefficient (Wildman–Crippen LogP) is 1.41. The topological polar surface area (TPSA) is 55.7 Å². The molecule has 0 atom stereocenters. The van der Waals surface area contributed by atoms with E-state index >= 15 is 0 Å². The third-order valence-electron chi connectivity index (χ3n) is 1.99. The number of carbonyl (C=O) groups excluding carboxylic acids is 1. The molecule has 0 unspecified atom stereocenters. The van der Waals surface area contributed by atoms with E-state index in [0.29, 0.717) is 11.3 Å². The van der Waals surface area contributed by atoms with Crippen molar-refractivity contribution in [3.63, 3.8) is 0 Å². The van der Waals surface area contributed by atoms with Crippen molar-refractivity contribution < 1.29 is 4.79 Å². The number of carbonyl (C=O) groups is 1. The minimum atomic E-state index is -0.134. The molecule has 2 rings (SSSR count). The molecule has 0 saturated carbocycles. The Balaban J connectivity index is 2.33. The van der Waals surface area contributed by atoms with E-state index in [1.165, 1.54) is 6.33 Å². The largest absolute Gasteiger partial charge is 0.287 e. The van der Waals surface area contributed by atoms with Crippen LogP contribution >= 0.6 is 0 Å². The number of hydrogen-bond acceptors (Lipinski definition) is 4. The Hall–Kier alpha value is -2.10. The van der Waals surface area contributed by atoms with Gasteiger partial charge in [-0.2, -0.15) is 0 Å². The first-order valence-corrected chi connectivity index (χ1v) is 4.51. The molecule has 0 bridgehead atoms. The molecular weight excluding hydrogens is 190 g/mol. The smallest absolute Gasteiger partial charge is 0.213 e. The molecule has 0 radical (unpaired) electrons. The second-order valence-corrected chi connectivity index (χ2v) is 3.11. The van der Waals surface area contributed by atoms with Crippen LogP contribution in [0.4, 0.5) is 0 Å². The van der Waals surface area contributed by atoms with Crippen LogP contribution in [0.1, 0.15) is 21.7 Å². The molecule has 0 aliphatic heterocycles. The van der Waals surface area contributed by atoms with Gasteiger partial charge in [0.1, 0.15) is 12.0 Å². The molecule has 4 heteroatoms. The Kier molecular flexibility index (Phi) is 2.49. The lowest BCUT2D eigenvalue weighted by Crippen LogP contribution is -2.04. The maximum Gasteiger partial charge on any atom is 0.213 e. The van der Waals surface area contributed by atoms with Gasteiger partial charge < -0.3 is 0 Å². The number of hydrogen-bond donors (Lipinski definition) is 0. The average molecular weight is 199 g/mol. The van der Waals surface area contributed by atoms with Gasteiger partial charge in [0.05, 0.1) is 0 Å². The Morgan fingerprint density at radius 2 is 2.07 bits per heavy atom. The molecule has 0 aromatic carbocycles. The summed E-state index contributed by atoms with van der Waals surface area (Å²) >= 11 is 0. The SMILES string of the molecule is Cc1ccc(C(=O)c2ccncn2)cn1. The average Bonchev–Trinajstić information content (AvgIpc) is 2.30. The molecule has 74 valence electrons. The summed E-state index contributed by atoms with van der Waals surface area (Å²) in [6.07, 6.45) is 4.45. The number of nitrogens with zero attached hydrogens (tertiary/aromatic N) is 3. The number of rotatable bonds is 2. The summed E-state index contributed by atoms with van der Waals surface area (Å²) < 4.78 is 0. The number of aromatic nitrogens is 3. The lowest BCUT2D eigenvalue weighted by atomic mass is 10.1. The van der Waals surface area contributed by atoms with Crippen LogP contribution in [0.2, 0.25) is 0 Å². The van der Waals surface area contributed by atoms with E-state index in [9.17, 15) is 4.79 Å². The van der Waals surface area contributed by atoms with Gasteiger partial charge >= 0.3 is 0 Å². The third-order valence-corrected chi connectivity index (χ3v) is 1.99. The van der Waals surface area contributed by atoms with Crippen LogP contribution in [-0.2, 0) is 0 Å². The molecule has 0 amide bonds. The van der Waals surface area contributed by atoms with Crippen LogP contribution in [0, 0.1) is 6.92 Å². The molecule has 0 aliphatic carbocycles. The van der Waals surface area contributed by atoms with Crippen molar-refractivity contribution in [2.75, 3.05) is 0 Å². The van der Waals surface area contributed by atoms with E-state index in [4.69, 9.17) is 0 Å². The summed E-state index contributed by atoms with van der Waals surface area (Å²) in [4.78, 5) is 23.5. The van der Waals surface area contributed by atoms with Crippen LogP contribution in [0.5, 0.6) is 0 Å². The first kappa shape index (κ1) is 9.45. The zero-order chi connectivity index (χ0) is 10.7. The fraction of sp³-hybridized carbons (Fsp3) is 0.0909. The summed E-state index contributed by atoms with van der Waals surface area (Å²) in [5.74, 6) is -0.134. The Morgan fingerprint density at radius 1 is 1.20 bits per heavy atom. The van der Waals surface area contributed by atoms with E-state index in [1.807, 2.05) is 6.92 Å². The summed E-state index contributed by atoms with van der Waals surface area (Å²) in [5.41, 5.74) is 1.81. The van der Waals surface area contributed by atoms with Crippen molar-refractivity contribution in [3.05, 3.63) is 53.9 Å². The lowest BCUT2D eigenvalue weighted by molar-refractivity contribution is 0.103. The summed E-state index contributed by atoms with van der Waals surface area (Å²) in [6, 6.07) is 5.13. The molecule has 0 saturated heterocycles. The van der Waals surface area contributed by atoms with Crippen molar-refractivity contribution in [1.29, 1.82) is 0 Å². The standard InChI is InChI=1S/C11H9N3O/c1-8-2-3-9(6-13-8)11(15)10-4-5-12-7-14-10/h2-7H,1H3. The fourth-order valence-electron chi connectivity index (χ4n) is 1.18. The molecule has 0 N–H and O–H groups in total. The Morgan fingerprint density at radius 3 is 2.67 bits per heavy atom. The van der Waals surface area contributed by atoms with Gasteiger partial charge in [0.2, 0.25) is 5.78 Å². The van der Waals surface area contributed by atoms with E-state index in [-0.39, 0.29) is 5.78 Å². The second-order valence-electron chi connectivity index (χ2n) is 3.11. The lowest BCUT2D eigenvalue weighted by Gasteiger charge is -1.99. The minimum Gasteiger partial charge on any atom is -0.287 e. The molecule has 0 aliphatic rings. The van der Waals surface area contributed by atoms with Crippen molar-refractivity contribution in [3.8, 4) is 0 Å². The van der Waals surface area contributed by atoms with E-state index in [2.05, 4.69) is 15.0 Å². The molecule has 2 heterocycles. The van der Waals surface area contributed by atoms with Crippen LogP contribution < -0.4 is 0 Å². The van der Waals surface area contributed by atoms with Gasteiger partial charge in [-0.15, -0.1) is 0 Å². The van der Waals surface area contributed by atoms with Gasteiger partial charge in [0, 0.05) is 23.7 Å². The number of pyridine rings is 1. The maximum absolute atomic E-state index is 11.8. The van der Waals surface area contributed by atoms with Gasteiger partial charge in [0.15, 0.2) is 0 Å². The van der Waals surface area contributed by atoms with Gasteiger partial charge in [-0.1, -0.05) is 0 Å². The van der Waals surface area contributed by atoms with Crippen LogP contribution in [0.3, 0.4) is 0 Å². The number of aryl methyl sites for hydroxylation is 1. The Bertz CT molecular complexity index is 465. The first-order valence-electron chi connectivity index (χ1n) is 4.51. The monoisotopic (exact) mass is 199 g/mol. The van der Waals surface area contributed by atoms with Crippen molar-refractivity contribution in [1.82, 2.24) is 15.0 Å². The van der Waals surface area contributed by atoms with Gasteiger partial charge in [-0.05, 0) is 25.1 Å². The van der Waals surface area contributed by atoms with Crippen molar-refractivity contribution >= 4 is 5.78 Å². The molecule has 15 heavy (non-hydrogen) atoms. The minimum absolute atomic E-state index is 0.134. The quantitative estimate of drug-likeness (QED) is 0.686. The summed E-state index contributed by atoms with van der Waals surface area (Å²) in [5, 5.41) is 0. The molecular formula is C11H9N3O. The highest BCUT2D eigenvalue weighted by atomic mass is 16.1. The maximum atomic E-state index is 11.8. The van der Waals surface area contributed by atoms with Crippen LogP contribution in [0.15, 0.2) is 36.9 Å². The predicted molar refractivity (Wildman–Crippen MR) is 54.4 cm³/mol. The Labute approximate surface area is 87.0 Å².